The lowest BCUT2D eigenvalue weighted by atomic mass is 10.1. The molecule has 0 aliphatic carbocycles. The molecule has 43 heavy (non-hydrogen) atoms. The van der Waals surface area contributed by atoms with Gasteiger partial charge in [0, 0.05) is 18.5 Å². The summed E-state index contributed by atoms with van der Waals surface area (Å²) in [6.07, 6.45) is 2.61. The van der Waals surface area contributed by atoms with Gasteiger partial charge in [0.25, 0.3) is 5.91 Å². The van der Waals surface area contributed by atoms with Gasteiger partial charge in [-0.1, -0.05) is 18.2 Å². The number of para-hydroxylation sites is 1. The van der Waals surface area contributed by atoms with Crippen LogP contribution in [-0.2, 0) is 29.2 Å². The van der Waals surface area contributed by atoms with Crippen molar-refractivity contribution in [3.05, 3.63) is 36.1 Å². The first-order valence-electron chi connectivity index (χ1n) is 13.9. The van der Waals surface area contributed by atoms with Crippen molar-refractivity contribution < 1.29 is 41.9 Å². The fourth-order valence-corrected chi connectivity index (χ4v) is 5.52. The van der Waals surface area contributed by atoms with Gasteiger partial charge in [0.05, 0.1) is 12.9 Å². The van der Waals surface area contributed by atoms with E-state index < -0.39 is 70.3 Å². The maximum absolute atomic E-state index is 12.9. The van der Waals surface area contributed by atoms with Crippen LogP contribution in [0.25, 0.3) is 11.0 Å². The third kappa shape index (κ3) is 9.49. The summed E-state index contributed by atoms with van der Waals surface area (Å²) in [5, 5.41) is 18.0. The van der Waals surface area contributed by atoms with E-state index in [-0.39, 0.29) is 18.7 Å². The zero-order valence-electron chi connectivity index (χ0n) is 24.0. The van der Waals surface area contributed by atoms with E-state index in [1.165, 1.54) is 11.8 Å². The van der Waals surface area contributed by atoms with Crippen LogP contribution in [-0.4, -0.2) is 98.1 Å². The molecule has 0 unspecified atom stereocenters. The van der Waals surface area contributed by atoms with Crippen molar-refractivity contribution in [2.24, 2.45) is 5.73 Å². The number of nitrogens with two attached hydrogens (primary N) is 1. The van der Waals surface area contributed by atoms with Gasteiger partial charge in [-0.15, -0.1) is 0 Å². The molecule has 0 saturated carbocycles. The topological polar surface area (TPSA) is 230 Å². The third-order valence-corrected chi connectivity index (χ3v) is 7.65. The van der Waals surface area contributed by atoms with E-state index in [2.05, 4.69) is 20.7 Å². The van der Waals surface area contributed by atoms with E-state index in [4.69, 9.17) is 10.2 Å². The summed E-state index contributed by atoms with van der Waals surface area (Å²) in [4.78, 5) is 63.8. The van der Waals surface area contributed by atoms with Crippen LogP contribution in [0.3, 0.4) is 0 Å². The van der Waals surface area contributed by atoms with Crippen LogP contribution < -0.4 is 26.4 Å². The quantitative estimate of drug-likeness (QED) is 0.130. The average molecular weight is 623 g/mol. The van der Waals surface area contributed by atoms with Crippen molar-refractivity contribution in [3.8, 4) is 0 Å². The van der Waals surface area contributed by atoms with E-state index in [0.29, 0.717) is 37.8 Å². The van der Waals surface area contributed by atoms with Crippen LogP contribution in [0.4, 0.5) is 0 Å². The van der Waals surface area contributed by atoms with Crippen LogP contribution in [0, 0.1) is 0 Å². The Morgan fingerprint density at radius 2 is 1.79 bits per heavy atom. The minimum atomic E-state index is -3.83. The zero-order valence-corrected chi connectivity index (χ0v) is 24.8. The molecule has 1 aliphatic heterocycles. The van der Waals surface area contributed by atoms with Crippen molar-refractivity contribution in [1.29, 1.82) is 0 Å². The highest BCUT2D eigenvalue weighted by atomic mass is 32.2. The zero-order chi connectivity index (χ0) is 31.7. The molecule has 15 nitrogen and oxygen atoms in total. The van der Waals surface area contributed by atoms with Crippen molar-refractivity contribution >= 4 is 50.5 Å². The Labute approximate surface area is 248 Å². The molecule has 0 radical (unpaired) electrons. The van der Waals surface area contributed by atoms with E-state index in [1.807, 2.05) is 12.1 Å². The van der Waals surface area contributed by atoms with E-state index in [0.717, 1.165) is 11.6 Å². The number of carbonyl (C=O) groups is 5. The molecule has 1 saturated heterocycles. The number of aliphatic hydroxyl groups is 1. The minimum Gasteiger partial charge on any atom is -0.451 e. The number of nitrogens with one attached hydrogen (secondary N) is 4. The maximum Gasteiger partial charge on any atom is 0.287 e. The summed E-state index contributed by atoms with van der Waals surface area (Å²) in [6, 6.07) is 4.17. The minimum absolute atomic E-state index is 0.0253. The number of likely N-dealkylation sites (tertiary alicyclic amines) is 1. The number of nitrogens with zero attached hydrogens (tertiary/aromatic N) is 1. The van der Waals surface area contributed by atoms with Crippen molar-refractivity contribution in [1.82, 2.24) is 25.6 Å². The van der Waals surface area contributed by atoms with Gasteiger partial charge in [-0.05, 0) is 51.2 Å². The summed E-state index contributed by atoms with van der Waals surface area (Å²) in [5.41, 5.74) is 5.93. The molecule has 1 aromatic heterocycles. The van der Waals surface area contributed by atoms with E-state index in [1.54, 1.807) is 18.2 Å². The number of sulfonamides is 1. The summed E-state index contributed by atoms with van der Waals surface area (Å²) >= 11 is 0. The number of furan rings is 1. The normalized spacial score (nSPS) is 17.2. The highest BCUT2D eigenvalue weighted by molar-refractivity contribution is 7.88. The summed E-state index contributed by atoms with van der Waals surface area (Å²) < 4.78 is 31.5. The van der Waals surface area contributed by atoms with E-state index in [9.17, 15) is 37.5 Å². The van der Waals surface area contributed by atoms with Crippen molar-refractivity contribution in [3.63, 3.8) is 0 Å². The number of rotatable bonds is 15. The number of aliphatic hydroxyl groups excluding tert-OH is 1. The lowest BCUT2D eigenvalue weighted by molar-refractivity contribution is -0.140. The van der Waals surface area contributed by atoms with Gasteiger partial charge in [0.2, 0.25) is 33.7 Å². The SMILES string of the molecule is C[C@H](NC(=O)[C@H](CO)NC(=O)[C@H](CCCCNC(=O)c1cc2ccccc2o1)NS(C)(=O)=O)C(=O)N1CCC[C@H]1C(N)=O. The molecular formula is C27H38N6O9S. The first kappa shape index (κ1) is 33.5. The largest absolute Gasteiger partial charge is 0.451 e. The molecule has 0 spiro atoms. The van der Waals surface area contributed by atoms with Crippen molar-refractivity contribution in [2.45, 2.75) is 63.2 Å². The number of amides is 5. The summed E-state index contributed by atoms with van der Waals surface area (Å²) in [5.74, 6) is -3.20. The molecule has 16 heteroatoms. The van der Waals surface area contributed by atoms with Gasteiger partial charge in [0.1, 0.15) is 29.8 Å². The summed E-state index contributed by atoms with van der Waals surface area (Å²) in [6.45, 7) is 1.10. The lowest BCUT2D eigenvalue weighted by Crippen LogP contribution is -2.58. The molecular weight excluding hydrogens is 584 g/mol. The number of hydrogen-bond donors (Lipinski definition) is 6. The van der Waals surface area contributed by atoms with Gasteiger partial charge >= 0.3 is 0 Å². The fourth-order valence-electron chi connectivity index (χ4n) is 4.78. The van der Waals surface area contributed by atoms with Gasteiger partial charge in [-0.3, -0.25) is 24.0 Å². The number of unbranched alkanes of at least 4 members (excludes halogenated alkanes) is 1. The van der Waals surface area contributed by atoms with Crippen molar-refractivity contribution in [2.75, 3.05) is 26.0 Å². The first-order chi connectivity index (χ1) is 20.3. The van der Waals surface area contributed by atoms with Crippen LogP contribution >= 0.6 is 0 Å². The first-order valence-corrected chi connectivity index (χ1v) is 15.7. The van der Waals surface area contributed by atoms with Gasteiger partial charge in [-0.25, -0.2) is 13.1 Å². The molecule has 236 valence electrons. The Kier molecular flexibility index (Phi) is 11.6. The van der Waals surface area contributed by atoms with Gasteiger partial charge in [-0.2, -0.15) is 0 Å². The molecule has 3 rings (SSSR count). The van der Waals surface area contributed by atoms with Gasteiger partial charge in [0.15, 0.2) is 5.76 Å². The molecule has 2 aromatic rings. The molecule has 1 aromatic carbocycles. The lowest BCUT2D eigenvalue weighted by Gasteiger charge is -2.27. The smallest absolute Gasteiger partial charge is 0.287 e. The number of benzene rings is 1. The standard InChI is InChI=1S/C27H38N6O9S/c1-16(27(39)33-13-7-10-20(33)23(28)35)30-25(37)19(15-34)31-24(36)18(32-43(2,40)41)9-5-6-12-29-26(38)22-14-17-8-3-4-11-21(17)42-22/h3-4,8,11,14,16,18-20,32,34H,5-7,9-10,12-13,15H2,1-2H3,(H2,28,35)(H,29,38)(H,30,37)(H,31,36)/t16-,18-,19-,20-/m0/s1. The molecule has 1 fully saturated rings. The second-order valence-electron chi connectivity index (χ2n) is 10.4. The Balaban J connectivity index is 1.51. The number of fused-ring (bicyclic) bond motifs is 1. The number of primary amides is 1. The molecule has 4 atom stereocenters. The molecule has 5 amide bonds. The Hall–Kier alpha value is -4.02. The molecule has 2 heterocycles. The van der Waals surface area contributed by atoms with Gasteiger partial charge < -0.3 is 36.1 Å². The van der Waals surface area contributed by atoms with Crippen LogP contribution in [0.1, 0.15) is 49.6 Å². The van der Waals surface area contributed by atoms with E-state index >= 15 is 0 Å². The Morgan fingerprint density at radius 3 is 2.44 bits per heavy atom. The molecule has 0 bridgehead atoms. The van der Waals surface area contributed by atoms with Crippen LogP contribution in [0.5, 0.6) is 0 Å². The average Bonchev–Trinajstić information content (AvgIpc) is 3.61. The van der Waals surface area contributed by atoms with Crippen LogP contribution in [0.2, 0.25) is 0 Å². The highest BCUT2D eigenvalue weighted by Gasteiger charge is 2.36. The highest BCUT2D eigenvalue weighted by Crippen LogP contribution is 2.19. The predicted octanol–water partition coefficient (Wildman–Crippen LogP) is -1.29. The van der Waals surface area contributed by atoms with Crippen LogP contribution in [0.15, 0.2) is 34.7 Å². The summed E-state index contributed by atoms with van der Waals surface area (Å²) in [7, 11) is -3.83. The number of hydrogen-bond acceptors (Lipinski definition) is 9. The maximum atomic E-state index is 12.9. The monoisotopic (exact) mass is 622 g/mol. The molecule has 1 aliphatic rings. The third-order valence-electron chi connectivity index (χ3n) is 6.94. The Morgan fingerprint density at radius 1 is 1.09 bits per heavy atom. The second kappa shape index (κ2) is 14.9. The second-order valence-corrected chi connectivity index (χ2v) is 12.2. The Bertz CT molecular complexity index is 1410. The fraction of sp³-hybridized carbons (Fsp3) is 0.519. The molecule has 7 N–H and O–H groups in total. The number of carbonyl (C=O) groups excluding carboxylic acids is 5. The predicted molar refractivity (Wildman–Crippen MR) is 155 cm³/mol.